The van der Waals surface area contributed by atoms with Crippen LogP contribution in [-0.2, 0) is 60.3 Å². The minimum absolute atomic E-state index is 0.00123. The first kappa shape index (κ1) is 41.9. The second-order valence-corrected chi connectivity index (χ2v) is 18.2. The van der Waals surface area contributed by atoms with Gasteiger partial charge in [0, 0.05) is 69.8 Å². The average molecular weight is 883 g/mol. The molecular weight excluding hydrogens is 846 g/mol. The van der Waals surface area contributed by atoms with Gasteiger partial charge in [-0.05, 0) is 134 Å². The molecule has 12 nitrogen and oxygen atoms in total. The highest BCUT2D eigenvalue weighted by molar-refractivity contribution is 7.90. The summed E-state index contributed by atoms with van der Waals surface area (Å²) in [7, 11) is -6.69. The lowest BCUT2D eigenvalue weighted by Crippen LogP contribution is -2.22. The van der Waals surface area contributed by atoms with Crippen molar-refractivity contribution >= 4 is 53.8 Å². The Morgan fingerprint density at radius 3 is 1.39 bits per heavy atom. The zero-order chi connectivity index (χ0) is 44.1. The van der Waals surface area contributed by atoms with Crippen LogP contribution in [0.3, 0.4) is 0 Å². The van der Waals surface area contributed by atoms with E-state index in [1.807, 2.05) is 0 Å². The number of carbonyl (C=O) groups excluding carboxylic acids is 2. The molecule has 4 aromatic heterocycles. The van der Waals surface area contributed by atoms with Gasteiger partial charge in [0.15, 0.2) is 0 Å². The number of carbonyl (C=O) groups is 2. The van der Waals surface area contributed by atoms with E-state index in [0.29, 0.717) is 61.5 Å². The van der Waals surface area contributed by atoms with Crippen LogP contribution in [0.5, 0.6) is 5.75 Å². The van der Waals surface area contributed by atoms with Gasteiger partial charge in [-0.2, -0.15) is 0 Å². The van der Waals surface area contributed by atoms with Crippen molar-refractivity contribution in [1.29, 1.82) is 0 Å². The molecular formula is C45H37F3N4O8S2. The van der Waals surface area contributed by atoms with Crippen molar-refractivity contribution in [3.05, 3.63) is 173 Å². The third-order valence-corrected chi connectivity index (χ3v) is 14.4. The molecule has 4 heterocycles. The van der Waals surface area contributed by atoms with Gasteiger partial charge in [-0.15, -0.1) is 0 Å². The third-order valence-electron chi connectivity index (χ3n) is 10.9. The molecule has 8 rings (SSSR count). The number of hydrogen-bond donors (Lipinski definition) is 0. The van der Waals surface area contributed by atoms with Gasteiger partial charge in [0.1, 0.15) is 36.3 Å². The van der Waals surface area contributed by atoms with E-state index < -0.39 is 62.5 Å². The summed E-state index contributed by atoms with van der Waals surface area (Å²) < 4.78 is 113. The van der Waals surface area contributed by atoms with E-state index in [1.54, 1.807) is 41.2 Å². The molecule has 0 saturated heterocycles. The molecule has 0 bridgehead atoms. The van der Waals surface area contributed by atoms with Crippen LogP contribution in [0.15, 0.2) is 131 Å². The second-order valence-electron chi connectivity index (χ2n) is 14.6. The molecule has 0 aliphatic heterocycles. The molecule has 0 saturated carbocycles. The van der Waals surface area contributed by atoms with Crippen LogP contribution in [0.2, 0.25) is 0 Å². The molecule has 0 amide bonds. The summed E-state index contributed by atoms with van der Waals surface area (Å²) in [6.45, 7) is 2.46. The maximum Gasteiger partial charge on any atom is 0.333 e. The zero-order valence-corrected chi connectivity index (χ0v) is 35.0. The first-order chi connectivity index (χ1) is 29.6. The largest absolute Gasteiger partial charge is 0.497 e. The molecule has 0 spiro atoms. The van der Waals surface area contributed by atoms with Crippen molar-refractivity contribution in [2.45, 2.75) is 49.6 Å². The summed E-state index contributed by atoms with van der Waals surface area (Å²) in [5, 5.41) is 0.840. The average Bonchev–Trinajstić information content (AvgIpc) is 4.02. The minimum Gasteiger partial charge on any atom is -0.497 e. The van der Waals surface area contributed by atoms with Crippen LogP contribution in [-0.4, -0.2) is 53.0 Å². The van der Waals surface area contributed by atoms with Gasteiger partial charge in [0.2, 0.25) is 0 Å². The fourth-order valence-electron chi connectivity index (χ4n) is 7.84. The van der Waals surface area contributed by atoms with Gasteiger partial charge in [0.05, 0.1) is 16.9 Å². The standard InChI is InChI=1S/C45H37F3N4O8S2/c1-28-38(24-33-6-4-20-51(33)61(55,56)36-14-8-30(46)9-15-36)40-22-31(47)10-18-42(40)49(28)26-44(53)60-45(54)27-50-29(2)39(41-23-32(48)11-19-43(41)50)25-34-7-5-21-52(34)62(57,58)37-16-12-35(59-3)13-17-37/h4-23H,24-27H2,1-3H3. The number of hydrogen-bond acceptors (Lipinski definition) is 8. The lowest BCUT2D eigenvalue weighted by Gasteiger charge is -2.12. The Kier molecular flexibility index (Phi) is 10.9. The normalized spacial score (nSPS) is 12.0. The highest BCUT2D eigenvalue weighted by Crippen LogP contribution is 2.32. The van der Waals surface area contributed by atoms with E-state index in [4.69, 9.17) is 9.47 Å². The Hall–Kier alpha value is -6.85. The topological polar surface area (TPSA) is 141 Å². The molecule has 0 N–H and O–H groups in total. The Bertz CT molecular complexity index is 3280. The number of nitrogens with zero attached hydrogens (tertiary/aromatic N) is 4. The van der Waals surface area contributed by atoms with Gasteiger partial charge < -0.3 is 18.6 Å². The maximum absolute atomic E-state index is 14.7. The summed E-state index contributed by atoms with van der Waals surface area (Å²) in [4.78, 5) is 26.9. The number of benzene rings is 4. The van der Waals surface area contributed by atoms with Crippen LogP contribution in [0.1, 0.15) is 33.9 Å². The second kappa shape index (κ2) is 16.2. The fourth-order valence-corrected chi connectivity index (χ4v) is 10.6. The van der Waals surface area contributed by atoms with Gasteiger partial charge in [0.25, 0.3) is 20.0 Å². The first-order valence-electron chi connectivity index (χ1n) is 19.1. The summed E-state index contributed by atoms with van der Waals surface area (Å²) in [5.41, 5.74) is 3.64. The smallest absolute Gasteiger partial charge is 0.333 e. The lowest BCUT2D eigenvalue weighted by atomic mass is 10.1. The number of ether oxygens (including phenoxy) is 2. The summed E-state index contributed by atoms with van der Waals surface area (Å²) >= 11 is 0. The molecule has 4 aromatic carbocycles. The number of halogens is 3. The lowest BCUT2D eigenvalue weighted by molar-refractivity contribution is -0.160. The van der Waals surface area contributed by atoms with E-state index in [1.165, 1.54) is 86.2 Å². The van der Waals surface area contributed by atoms with Gasteiger partial charge in [-0.3, -0.25) is 0 Å². The highest BCUT2D eigenvalue weighted by Gasteiger charge is 2.26. The molecule has 17 heteroatoms. The van der Waals surface area contributed by atoms with Crippen LogP contribution < -0.4 is 4.74 Å². The van der Waals surface area contributed by atoms with Crippen molar-refractivity contribution in [3.8, 4) is 5.75 Å². The van der Waals surface area contributed by atoms with Crippen LogP contribution in [0.25, 0.3) is 21.8 Å². The quantitative estimate of drug-likeness (QED) is 0.0850. The molecule has 0 atom stereocenters. The number of methoxy groups -OCH3 is 1. The van der Waals surface area contributed by atoms with Crippen molar-refractivity contribution in [2.75, 3.05) is 7.11 Å². The molecule has 0 radical (unpaired) electrons. The van der Waals surface area contributed by atoms with E-state index in [9.17, 15) is 39.6 Å². The minimum atomic E-state index is -4.13. The molecule has 8 aromatic rings. The maximum atomic E-state index is 14.7. The van der Waals surface area contributed by atoms with Crippen LogP contribution >= 0.6 is 0 Å². The van der Waals surface area contributed by atoms with Crippen molar-refractivity contribution < 1.29 is 49.1 Å². The van der Waals surface area contributed by atoms with Crippen LogP contribution in [0.4, 0.5) is 13.2 Å². The van der Waals surface area contributed by atoms with Gasteiger partial charge in [-0.25, -0.2) is 47.5 Å². The highest BCUT2D eigenvalue weighted by atomic mass is 32.2. The zero-order valence-electron chi connectivity index (χ0n) is 33.4. The number of esters is 2. The Morgan fingerprint density at radius 2 is 0.968 bits per heavy atom. The van der Waals surface area contributed by atoms with Crippen LogP contribution in [0, 0.1) is 31.3 Å². The van der Waals surface area contributed by atoms with E-state index >= 15 is 0 Å². The van der Waals surface area contributed by atoms with Crippen molar-refractivity contribution in [3.63, 3.8) is 0 Å². The van der Waals surface area contributed by atoms with Crippen molar-refractivity contribution in [2.24, 2.45) is 0 Å². The molecule has 0 unspecified atom stereocenters. The Labute approximate surface area is 354 Å². The molecule has 0 aliphatic rings. The summed E-state index contributed by atoms with van der Waals surface area (Å²) in [6, 6.07) is 24.7. The molecule has 62 heavy (non-hydrogen) atoms. The van der Waals surface area contributed by atoms with Gasteiger partial charge >= 0.3 is 11.9 Å². The molecule has 0 fully saturated rings. The van der Waals surface area contributed by atoms with Crippen molar-refractivity contribution in [1.82, 2.24) is 17.1 Å². The SMILES string of the molecule is COc1ccc(S(=O)(=O)n2cccc2Cc2c(C)n(CC(=O)OC(=O)Cn3c(C)c(Cc4cccn4S(=O)(=O)c4ccc(F)cc4)c4cc(F)ccc43)c3ccc(F)cc23)cc1. The predicted molar refractivity (Wildman–Crippen MR) is 223 cm³/mol. The van der Waals surface area contributed by atoms with E-state index in [0.717, 1.165) is 32.2 Å². The first-order valence-corrected chi connectivity index (χ1v) is 22.0. The number of aromatic nitrogens is 4. The van der Waals surface area contributed by atoms with E-state index in [2.05, 4.69) is 0 Å². The number of fused-ring (bicyclic) bond motifs is 2. The monoisotopic (exact) mass is 882 g/mol. The Morgan fingerprint density at radius 1 is 0.565 bits per heavy atom. The third kappa shape index (κ3) is 7.68. The van der Waals surface area contributed by atoms with Gasteiger partial charge in [-0.1, -0.05) is 0 Å². The summed E-state index contributed by atoms with van der Waals surface area (Å²) in [5.74, 6) is -3.09. The summed E-state index contributed by atoms with van der Waals surface area (Å²) in [6.07, 6.45) is 2.82. The van der Waals surface area contributed by atoms with E-state index in [-0.39, 0.29) is 22.6 Å². The number of rotatable bonds is 13. The Balaban J connectivity index is 1.04. The predicted octanol–water partition coefficient (Wildman–Crippen LogP) is 7.67. The molecule has 318 valence electrons. The fraction of sp³-hybridized carbons (Fsp3) is 0.156. The molecule has 0 aliphatic carbocycles.